The van der Waals surface area contributed by atoms with Crippen LogP contribution in [0.25, 0.3) is 6.08 Å². The average molecular weight is 785 g/mol. The molecular weight excluding hydrogens is 736 g/mol. The second-order valence-electron chi connectivity index (χ2n) is 13.3. The summed E-state index contributed by atoms with van der Waals surface area (Å²) in [5.41, 5.74) is -0.920. The summed E-state index contributed by atoms with van der Waals surface area (Å²) in [6, 6.07) is 8.94. The lowest BCUT2D eigenvalue weighted by Crippen LogP contribution is -2.65. The summed E-state index contributed by atoms with van der Waals surface area (Å²) in [5.74, 6) is -0.847. The molecule has 13 atom stereocenters. The number of esters is 1. The van der Waals surface area contributed by atoms with E-state index in [1.807, 2.05) is 0 Å². The molecule has 0 bridgehead atoms. The Balaban J connectivity index is 1.42. The fraction of sp³-hybridized carbons (Fsp3) is 0.583. The van der Waals surface area contributed by atoms with Crippen LogP contribution >= 0.6 is 0 Å². The Morgan fingerprint density at radius 2 is 1.55 bits per heavy atom. The highest BCUT2D eigenvalue weighted by atomic mass is 16.8. The number of benzene rings is 2. The number of aliphatic hydroxyl groups is 7. The second kappa shape index (κ2) is 18.5. The number of aromatic hydroxyl groups is 2. The third-order valence-corrected chi connectivity index (χ3v) is 9.50. The second-order valence-corrected chi connectivity index (χ2v) is 13.3. The maximum atomic E-state index is 13.4. The van der Waals surface area contributed by atoms with Crippen LogP contribution in [0, 0.1) is 0 Å². The van der Waals surface area contributed by atoms with Crippen LogP contribution in [-0.2, 0) is 44.4 Å². The molecule has 0 saturated carbocycles. The zero-order valence-corrected chi connectivity index (χ0v) is 30.2. The molecule has 0 aliphatic carbocycles. The molecule has 19 nitrogen and oxygen atoms in total. The van der Waals surface area contributed by atoms with Gasteiger partial charge in [-0.2, -0.15) is 0 Å². The maximum Gasteiger partial charge on any atom is 0.331 e. The predicted molar refractivity (Wildman–Crippen MR) is 184 cm³/mol. The highest BCUT2D eigenvalue weighted by Gasteiger charge is 2.54. The van der Waals surface area contributed by atoms with Crippen LogP contribution in [0.4, 0.5) is 0 Å². The summed E-state index contributed by atoms with van der Waals surface area (Å²) in [7, 11) is 2.74. The topological polar surface area (TPSA) is 282 Å². The number of phenols is 2. The molecule has 3 aliphatic rings. The number of carbonyl (C=O) groups is 1. The fourth-order valence-electron chi connectivity index (χ4n) is 6.17. The number of aliphatic hydroxyl groups excluding tert-OH is 6. The lowest BCUT2D eigenvalue weighted by Gasteiger charge is -2.46. The number of carbonyl (C=O) groups excluding carboxylic acids is 1. The number of hydrogen-bond acceptors (Lipinski definition) is 19. The van der Waals surface area contributed by atoms with Crippen molar-refractivity contribution in [3.05, 3.63) is 53.6 Å². The largest absolute Gasteiger partial charge is 0.504 e. The first-order valence-corrected chi connectivity index (χ1v) is 17.4. The Morgan fingerprint density at radius 1 is 0.855 bits per heavy atom. The minimum Gasteiger partial charge on any atom is -0.504 e. The van der Waals surface area contributed by atoms with Crippen molar-refractivity contribution in [1.29, 1.82) is 0 Å². The molecule has 306 valence electrons. The smallest absolute Gasteiger partial charge is 0.331 e. The summed E-state index contributed by atoms with van der Waals surface area (Å²) in [6.45, 7) is -0.557. The Bertz CT molecular complexity index is 1610. The molecule has 9 N–H and O–H groups in total. The fourth-order valence-corrected chi connectivity index (χ4v) is 6.17. The van der Waals surface area contributed by atoms with Gasteiger partial charge in [-0.05, 0) is 54.8 Å². The Morgan fingerprint density at radius 3 is 2.22 bits per heavy atom. The number of ether oxygens (including phenoxy) is 9. The monoisotopic (exact) mass is 784 g/mol. The van der Waals surface area contributed by atoms with E-state index < -0.39 is 105 Å². The van der Waals surface area contributed by atoms with Gasteiger partial charge in [0.05, 0.1) is 46.8 Å². The van der Waals surface area contributed by atoms with Crippen LogP contribution in [0.3, 0.4) is 0 Å². The summed E-state index contributed by atoms with van der Waals surface area (Å²) in [6.07, 6.45) is -16.3. The first-order valence-electron chi connectivity index (χ1n) is 17.4. The molecule has 0 aromatic heterocycles. The van der Waals surface area contributed by atoms with Crippen molar-refractivity contribution in [2.24, 2.45) is 0 Å². The average Bonchev–Trinajstić information content (AvgIpc) is 3.47. The number of phenolic OH excluding ortho intramolecular Hbond substituents is 2. The quantitative estimate of drug-likeness (QED) is 0.0701. The van der Waals surface area contributed by atoms with Crippen molar-refractivity contribution >= 4 is 12.0 Å². The molecule has 2 aromatic rings. The van der Waals surface area contributed by atoms with E-state index in [2.05, 4.69) is 0 Å². The van der Waals surface area contributed by atoms with E-state index in [1.54, 1.807) is 12.1 Å². The van der Waals surface area contributed by atoms with Crippen LogP contribution in [0.15, 0.2) is 42.5 Å². The van der Waals surface area contributed by atoms with Gasteiger partial charge in [-0.1, -0.05) is 12.1 Å². The predicted octanol–water partition coefficient (Wildman–Crippen LogP) is -1.94. The van der Waals surface area contributed by atoms with E-state index in [0.29, 0.717) is 11.1 Å². The summed E-state index contributed by atoms with van der Waals surface area (Å²) < 4.78 is 50.8. The van der Waals surface area contributed by atoms with Gasteiger partial charge in [0.1, 0.15) is 48.3 Å². The number of methoxy groups -OCH3 is 2. The summed E-state index contributed by atoms with van der Waals surface area (Å²) in [4.78, 5) is 13.4. The minimum absolute atomic E-state index is 0.0767. The van der Waals surface area contributed by atoms with Crippen LogP contribution < -0.4 is 9.47 Å². The Hall–Kier alpha value is -3.67. The molecule has 55 heavy (non-hydrogen) atoms. The van der Waals surface area contributed by atoms with Gasteiger partial charge in [0.2, 0.25) is 0 Å². The van der Waals surface area contributed by atoms with Crippen molar-refractivity contribution < 1.29 is 93.4 Å². The molecular formula is C36H48O19. The Kier molecular flexibility index (Phi) is 14.3. The zero-order chi connectivity index (χ0) is 40.0. The van der Waals surface area contributed by atoms with E-state index in [-0.39, 0.29) is 36.0 Å². The molecule has 5 rings (SSSR count). The summed E-state index contributed by atoms with van der Waals surface area (Å²) >= 11 is 0. The van der Waals surface area contributed by atoms with Crippen molar-refractivity contribution in [2.45, 2.75) is 92.8 Å². The number of rotatable bonds is 15. The lowest BCUT2D eigenvalue weighted by atomic mass is 9.96. The van der Waals surface area contributed by atoms with Gasteiger partial charge < -0.3 is 88.6 Å². The highest BCUT2D eigenvalue weighted by Crippen LogP contribution is 2.34. The third-order valence-electron chi connectivity index (χ3n) is 9.50. The maximum absolute atomic E-state index is 13.4. The van der Waals surface area contributed by atoms with Crippen LogP contribution in [0.1, 0.15) is 18.1 Å². The van der Waals surface area contributed by atoms with Gasteiger partial charge in [-0.3, -0.25) is 0 Å². The molecule has 3 heterocycles. The van der Waals surface area contributed by atoms with Crippen molar-refractivity contribution in [3.63, 3.8) is 0 Å². The molecule has 0 spiro atoms. The highest BCUT2D eigenvalue weighted by molar-refractivity contribution is 5.87. The first kappa shape index (κ1) is 42.5. The van der Waals surface area contributed by atoms with Gasteiger partial charge in [0.15, 0.2) is 48.0 Å². The molecule has 0 amide bonds. The minimum atomic E-state index is -2.04. The van der Waals surface area contributed by atoms with Crippen LogP contribution in [-0.4, -0.2) is 172 Å². The van der Waals surface area contributed by atoms with E-state index in [9.17, 15) is 50.8 Å². The van der Waals surface area contributed by atoms with Gasteiger partial charge in [0.25, 0.3) is 0 Å². The van der Waals surface area contributed by atoms with E-state index in [4.69, 9.17) is 42.6 Å². The van der Waals surface area contributed by atoms with Crippen molar-refractivity contribution in [1.82, 2.24) is 0 Å². The third kappa shape index (κ3) is 9.84. The van der Waals surface area contributed by atoms with Gasteiger partial charge >= 0.3 is 5.97 Å². The molecule has 3 aliphatic heterocycles. The molecule has 19 heteroatoms. The lowest BCUT2D eigenvalue weighted by molar-refractivity contribution is -0.360. The van der Waals surface area contributed by atoms with Crippen LogP contribution in [0.2, 0.25) is 0 Å². The molecule has 0 unspecified atom stereocenters. The molecule has 0 radical (unpaired) electrons. The van der Waals surface area contributed by atoms with E-state index in [1.165, 1.54) is 51.5 Å². The van der Waals surface area contributed by atoms with Gasteiger partial charge in [-0.25, -0.2) is 4.79 Å². The summed E-state index contributed by atoms with van der Waals surface area (Å²) in [5, 5.41) is 93.8. The standard InChI is InChI=1S/C36H48O19/c1-17-26(41)27(42)28(43)34(52-17)55-31-29(44)33(49-11-10-19-5-8-21(39)23(13-19)48-3)53-24(14-50-35-32(45)36(46,15-37)16-51-35)30(31)54-25(40)9-6-18-4-7-20(38)22(12-18)47-2/h4-9,12-13,17,24,26-35,37-39,41-46H,10-11,14-16H2,1-3H3/t17-,24+,26+,27+,28+,29-,30-,31+,32-,33+,34-,35+,36+/m0/s1. The molecule has 3 saturated heterocycles. The van der Waals surface area contributed by atoms with Gasteiger partial charge in [0, 0.05) is 6.08 Å². The van der Waals surface area contributed by atoms with Gasteiger partial charge in [-0.15, -0.1) is 0 Å². The Labute approximate surface area is 315 Å². The van der Waals surface area contributed by atoms with Crippen molar-refractivity contribution in [3.8, 4) is 23.0 Å². The van der Waals surface area contributed by atoms with Crippen molar-refractivity contribution in [2.75, 3.05) is 40.6 Å². The van der Waals surface area contributed by atoms with E-state index in [0.717, 1.165) is 6.08 Å². The zero-order valence-electron chi connectivity index (χ0n) is 30.2. The molecule has 3 fully saturated rings. The molecule has 2 aromatic carbocycles. The van der Waals surface area contributed by atoms with E-state index >= 15 is 0 Å². The first-order chi connectivity index (χ1) is 26.2. The van der Waals surface area contributed by atoms with Crippen LogP contribution in [0.5, 0.6) is 23.0 Å². The SMILES string of the molecule is COc1cc(C=CC(=O)O[C@@H]2[C@H](O[C@@H]3O[C@@H](C)[C@@H](O)[C@@H](O)[C@H]3O)[C@H](O)[C@H](OCCc3ccc(O)c(OC)c3)O[C@@H]2CO[C@@H]2OC[C@](O)(CO)[C@H]2O)ccc1O. The normalized spacial score (nSPS) is 35.2. The number of hydrogen-bond donors (Lipinski definition) is 9.